The number of ether oxygens (including phenoxy) is 1. The summed E-state index contributed by atoms with van der Waals surface area (Å²) in [7, 11) is 1.55. The number of amides is 1. The van der Waals surface area contributed by atoms with Crippen molar-refractivity contribution >= 4 is 34.8 Å². The number of benzene rings is 1. The number of rotatable bonds is 6. The lowest BCUT2D eigenvalue weighted by molar-refractivity contribution is -0.133. The summed E-state index contributed by atoms with van der Waals surface area (Å²) in [5.74, 6) is -1.04. The van der Waals surface area contributed by atoms with Gasteiger partial charge in [0.15, 0.2) is 12.3 Å². The predicted octanol–water partition coefficient (Wildman–Crippen LogP) is 2.99. The van der Waals surface area contributed by atoms with E-state index in [0.29, 0.717) is 16.6 Å². The van der Waals surface area contributed by atoms with Crippen LogP contribution in [0.1, 0.15) is 16.9 Å². The van der Waals surface area contributed by atoms with Gasteiger partial charge in [0.2, 0.25) is 0 Å². The summed E-state index contributed by atoms with van der Waals surface area (Å²) in [6.45, 7) is -0.0900. The lowest BCUT2D eigenvalue weighted by atomic mass is 10.2. The van der Waals surface area contributed by atoms with Gasteiger partial charge in [0.25, 0.3) is 5.91 Å². The zero-order valence-electron chi connectivity index (χ0n) is 12.9. The van der Waals surface area contributed by atoms with E-state index in [9.17, 15) is 9.59 Å². The smallest absolute Gasteiger partial charge is 0.358 e. The Balaban J connectivity index is 1.94. The van der Waals surface area contributed by atoms with Crippen LogP contribution in [0.5, 0.6) is 0 Å². The van der Waals surface area contributed by atoms with Crippen LogP contribution in [0.25, 0.3) is 10.6 Å². The summed E-state index contributed by atoms with van der Waals surface area (Å²) in [6, 6.07) is 9.09. The molecule has 0 aliphatic carbocycles. The molecule has 0 saturated carbocycles. The third kappa shape index (κ3) is 4.78. The average molecular weight is 364 g/mol. The van der Waals surface area contributed by atoms with Crippen LogP contribution in [-0.4, -0.2) is 42.0 Å². The molecule has 0 fully saturated rings. The summed E-state index contributed by atoms with van der Waals surface area (Å²) in [5.41, 5.74) is 0.946. The van der Waals surface area contributed by atoms with E-state index in [0.717, 1.165) is 5.56 Å². The molecule has 24 heavy (non-hydrogen) atoms. The summed E-state index contributed by atoms with van der Waals surface area (Å²) >= 11 is 7.23. The topological polar surface area (TPSA) is 83.3 Å². The number of nitrogens with zero attached hydrogens (tertiary/aromatic N) is 3. The van der Waals surface area contributed by atoms with Gasteiger partial charge in [-0.2, -0.15) is 5.26 Å². The van der Waals surface area contributed by atoms with Crippen LogP contribution < -0.4 is 0 Å². The van der Waals surface area contributed by atoms with E-state index >= 15 is 0 Å². The van der Waals surface area contributed by atoms with Crippen LogP contribution in [-0.2, 0) is 9.53 Å². The molecule has 0 radical (unpaired) electrons. The van der Waals surface area contributed by atoms with Crippen LogP contribution in [0, 0.1) is 11.3 Å². The molecule has 8 heteroatoms. The van der Waals surface area contributed by atoms with Gasteiger partial charge in [-0.15, -0.1) is 11.3 Å². The summed E-state index contributed by atoms with van der Waals surface area (Å²) in [6.07, 6.45) is 0.227. The number of carbonyl (C=O) groups is 2. The maximum atomic E-state index is 12.0. The van der Waals surface area contributed by atoms with Crippen LogP contribution >= 0.6 is 22.9 Å². The van der Waals surface area contributed by atoms with Gasteiger partial charge in [-0.25, -0.2) is 9.78 Å². The van der Waals surface area contributed by atoms with E-state index in [2.05, 4.69) is 4.98 Å². The Morgan fingerprint density at radius 1 is 1.46 bits per heavy atom. The molecule has 0 atom stereocenters. The Labute approximate surface area is 148 Å². The van der Waals surface area contributed by atoms with E-state index in [1.807, 2.05) is 12.1 Å². The highest BCUT2D eigenvalue weighted by Crippen LogP contribution is 2.26. The van der Waals surface area contributed by atoms with Gasteiger partial charge < -0.3 is 9.64 Å². The number of halogens is 1. The van der Waals surface area contributed by atoms with Gasteiger partial charge >= 0.3 is 5.97 Å². The highest BCUT2D eigenvalue weighted by Gasteiger charge is 2.16. The second-order valence-electron chi connectivity index (χ2n) is 4.85. The number of aromatic nitrogens is 1. The van der Waals surface area contributed by atoms with Crippen molar-refractivity contribution in [1.29, 1.82) is 5.26 Å². The first-order valence-electron chi connectivity index (χ1n) is 7.00. The predicted molar refractivity (Wildman–Crippen MR) is 90.7 cm³/mol. The van der Waals surface area contributed by atoms with Crippen molar-refractivity contribution in [3.8, 4) is 16.6 Å². The third-order valence-electron chi connectivity index (χ3n) is 3.10. The first kappa shape index (κ1) is 17.9. The van der Waals surface area contributed by atoms with E-state index in [1.165, 1.54) is 16.2 Å². The monoisotopic (exact) mass is 363 g/mol. The first-order chi connectivity index (χ1) is 11.5. The lowest BCUT2D eigenvalue weighted by Gasteiger charge is -2.14. The standard InChI is InChI=1S/C16H14ClN3O3S/c1-20(7-3-6-18)14(21)9-23-16(22)13-10-24-15(19-13)11-4-2-5-12(17)8-11/h2,4-5,8,10H,3,7,9H2,1H3. The maximum Gasteiger partial charge on any atom is 0.358 e. The zero-order chi connectivity index (χ0) is 17.5. The molecule has 0 aliphatic rings. The average Bonchev–Trinajstić information content (AvgIpc) is 3.07. The number of esters is 1. The first-order valence-corrected chi connectivity index (χ1v) is 8.26. The molecule has 0 unspecified atom stereocenters. The third-order valence-corrected chi connectivity index (χ3v) is 4.22. The van der Waals surface area contributed by atoms with Crippen molar-refractivity contribution in [2.24, 2.45) is 0 Å². The lowest BCUT2D eigenvalue weighted by Crippen LogP contribution is -2.31. The number of nitriles is 1. The van der Waals surface area contributed by atoms with Gasteiger partial charge in [0.05, 0.1) is 12.5 Å². The molecule has 0 N–H and O–H groups in total. The molecule has 1 amide bonds. The molecular formula is C16H14ClN3O3S. The number of thiazole rings is 1. The maximum absolute atomic E-state index is 12.0. The van der Waals surface area contributed by atoms with Crippen molar-refractivity contribution in [1.82, 2.24) is 9.88 Å². The normalized spacial score (nSPS) is 10.0. The molecule has 2 rings (SSSR count). The fourth-order valence-corrected chi connectivity index (χ4v) is 2.75. The molecule has 1 aromatic carbocycles. The van der Waals surface area contributed by atoms with E-state index < -0.39 is 5.97 Å². The highest BCUT2D eigenvalue weighted by molar-refractivity contribution is 7.13. The highest BCUT2D eigenvalue weighted by atomic mass is 35.5. The van der Waals surface area contributed by atoms with E-state index in [-0.39, 0.29) is 24.6 Å². The summed E-state index contributed by atoms with van der Waals surface area (Å²) < 4.78 is 4.97. The minimum atomic E-state index is -0.665. The quantitative estimate of drug-likeness (QED) is 0.737. The Kier molecular flexibility index (Phi) is 6.29. The van der Waals surface area contributed by atoms with Crippen molar-refractivity contribution in [3.63, 3.8) is 0 Å². The molecule has 0 spiro atoms. The number of hydrogen-bond acceptors (Lipinski definition) is 6. The van der Waals surface area contributed by atoms with Crippen LogP contribution in [0.15, 0.2) is 29.6 Å². The number of likely N-dealkylation sites (N-methyl/N-ethyl adjacent to an activating group) is 1. The Morgan fingerprint density at radius 3 is 2.96 bits per heavy atom. The van der Waals surface area contributed by atoms with Crippen molar-refractivity contribution in [3.05, 3.63) is 40.4 Å². The Morgan fingerprint density at radius 2 is 2.25 bits per heavy atom. The molecule has 1 heterocycles. The second-order valence-corrected chi connectivity index (χ2v) is 6.14. The molecule has 6 nitrogen and oxygen atoms in total. The Bertz CT molecular complexity index is 785. The molecule has 124 valence electrons. The molecular weight excluding hydrogens is 350 g/mol. The van der Waals surface area contributed by atoms with Crippen LogP contribution in [0.4, 0.5) is 0 Å². The zero-order valence-corrected chi connectivity index (χ0v) is 14.4. The molecule has 0 aliphatic heterocycles. The van der Waals surface area contributed by atoms with E-state index in [4.69, 9.17) is 21.6 Å². The number of carbonyl (C=O) groups excluding carboxylic acids is 2. The molecule has 0 bridgehead atoms. The van der Waals surface area contributed by atoms with Crippen LogP contribution in [0.3, 0.4) is 0 Å². The largest absolute Gasteiger partial charge is 0.451 e. The van der Waals surface area contributed by atoms with Crippen molar-refractivity contribution < 1.29 is 14.3 Å². The molecule has 1 aromatic heterocycles. The molecule has 2 aromatic rings. The Hall–Kier alpha value is -2.43. The van der Waals surface area contributed by atoms with Crippen molar-refractivity contribution in [2.75, 3.05) is 20.2 Å². The fraction of sp³-hybridized carbons (Fsp3) is 0.250. The van der Waals surface area contributed by atoms with Gasteiger partial charge in [0.1, 0.15) is 5.01 Å². The summed E-state index contributed by atoms with van der Waals surface area (Å²) in [4.78, 5) is 29.3. The van der Waals surface area contributed by atoms with Gasteiger partial charge in [-0.1, -0.05) is 23.7 Å². The van der Waals surface area contributed by atoms with E-state index in [1.54, 1.807) is 30.6 Å². The van der Waals surface area contributed by atoms with Gasteiger partial charge in [0, 0.05) is 29.6 Å². The second kappa shape index (κ2) is 8.43. The number of hydrogen-bond donors (Lipinski definition) is 0. The summed E-state index contributed by atoms with van der Waals surface area (Å²) in [5, 5.41) is 11.3. The SMILES string of the molecule is CN(CCC#N)C(=O)COC(=O)c1csc(-c2cccc(Cl)c2)n1. The fourth-order valence-electron chi connectivity index (χ4n) is 1.78. The van der Waals surface area contributed by atoms with Crippen molar-refractivity contribution in [2.45, 2.75) is 6.42 Å². The van der Waals surface area contributed by atoms with Gasteiger partial charge in [-0.05, 0) is 12.1 Å². The minimum Gasteiger partial charge on any atom is -0.451 e. The minimum absolute atomic E-state index is 0.141. The van der Waals surface area contributed by atoms with Crippen LogP contribution in [0.2, 0.25) is 5.02 Å². The van der Waals surface area contributed by atoms with Gasteiger partial charge in [-0.3, -0.25) is 4.79 Å². The molecule has 0 saturated heterocycles.